The highest BCUT2D eigenvalue weighted by Gasteiger charge is 2.14. The van der Waals surface area contributed by atoms with E-state index in [0.29, 0.717) is 5.69 Å². The first kappa shape index (κ1) is 15.5. The van der Waals surface area contributed by atoms with E-state index < -0.39 is 5.91 Å². The van der Waals surface area contributed by atoms with Gasteiger partial charge in [0.15, 0.2) is 0 Å². The number of pyridine rings is 1. The average Bonchev–Trinajstić information content (AvgIpc) is 3.02. The third-order valence-electron chi connectivity index (χ3n) is 3.69. The molecule has 2 heterocycles. The number of nitriles is 1. The number of amides is 1. The van der Waals surface area contributed by atoms with Crippen molar-refractivity contribution in [3.8, 4) is 6.07 Å². The molecule has 0 radical (unpaired) electrons. The summed E-state index contributed by atoms with van der Waals surface area (Å²) in [6.45, 7) is 1.88. The van der Waals surface area contributed by atoms with E-state index in [9.17, 15) is 10.1 Å². The molecule has 3 rings (SSSR count). The summed E-state index contributed by atoms with van der Waals surface area (Å²) < 4.78 is 1.84. The zero-order valence-electron chi connectivity index (χ0n) is 13.2. The Hall–Kier alpha value is -3.39. The van der Waals surface area contributed by atoms with Crippen molar-refractivity contribution in [2.75, 3.05) is 0 Å². The Morgan fingerprint density at radius 3 is 2.71 bits per heavy atom. The van der Waals surface area contributed by atoms with Gasteiger partial charge in [-0.2, -0.15) is 5.26 Å². The number of hydrogen-bond donors (Lipinski definition) is 1. The van der Waals surface area contributed by atoms with Crippen molar-refractivity contribution < 1.29 is 4.79 Å². The van der Waals surface area contributed by atoms with Crippen molar-refractivity contribution in [2.24, 2.45) is 0 Å². The van der Waals surface area contributed by atoms with Crippen LogP contribution in [0.4, 0.5) is 0 Å². The van der Waals surface area contributed by atoms with Gasteiger partial charge in [0.25, 0.3) is 5.91 Å². The molecule has 5 nitrogen and oxygen atoms in total. The van der Waals surface area contributed by atoms with Crippen LogP contribution in [0.1, 0.15) is 24.2 Å². The highest BCUT2D eigenvalue weighted by atomic mass is 16.1. The molecule has 0 saturated heterocycles. The monoisotopic (exact) mass is 316 g/mol. The van der Waals surface area contributed by atoms with Crippen LogP contribution in [0.25, 0.3) is 11.7 Å². The predicted molar refractivity (Wildman–Crippen MR) is 91.8 cm³/mol. The lowest BCUT2D eigenvalue weighted by Crippen LogP contribution is -2.27. The third kappa shape index (κ3) is 3.33. The van der Waals surface area contributed by atoms with E-state index in [0.717, 1.165) is 11.2 Å². The highest BCUT2D eigenvalue weighted by molar-refractivity contribution is 6.01. The van der Waals surface area contributed by atoms with Crippen LogP contribution in [-0.4, -0.2) is 15.3 Å². The fraction of sp³-hybridized carbons (Fsp3) is 0.105. The number of hydrogen-bond acceptors (Lipinski definition) is 3. The first-order chi connectivity index (χ1) is 11.7. The minimum absolute atomic E-state index is 0.0289. The Balaban J connectivity index is 1.80. The fourth-order valence-electron chi connectivity index (χ4n) is 2.42. The van der Waals surface area contributed by atoms with E-state index in [4.69, 9.17) is 0 Å². The molecule has 3 aromatic rings. The smallest absolute Gasteiger partial charge is 0.262 e. The average molecular weight is 316 g/mol. The summed E-state index contributed by atoms with van der Waals surface area (Å²) in [6.07, 6.45) is 5.14. The van der Waals surface area contributed by atoms with E-state index in [1.54, 1.807) is 6.20 Å². The standard InChI is InChI=1S/C19H16N4O/c1-14(15-7-3-2-4-8-15)21-19(24)16(12-20)11-17-13-23-10-6-5-9-18(23)22-17/h2-11,13-14H,1H3,(H,21,24)/b16-11+. The van der Waals surface area contributed by atoms with Gasteiger partial charge < -0.3 is 9.72 Å². The Labute approximate surface area is 139 Å². The van der Waals surface area contributed by atoms with Crippen molar-refractivity contribution in [1.29, 1.82) is 5.26 Å². The lowest BCUT2D eigenvalue weighted by molar-refractivity contribution is -0.117. The van der Waals surface area contributed by atoms with Gasteiger partial charge in [0, 0.05) is 12.4 Å². The van der Waals surface area contributed by atoms with Gasteiger partial charge in [0.1, 0.15) is 17.3 Å². The Morgan fingerprint density at radius 1 is 1.25 bits per heavy atom. The fourth-order valence-corrected chi connectivity index (χ4v) is 2.42. The molecule has 5 heteroatoms. The molecule has 0 aliphatic carbocycles. The molecular formula is C19H16N4O. The van der Waals surface area contributed by atoms with Crippen LogP contribution in [0.2, 0.25) is 0 Å². The van der Waals surface area contributed by atoms with Gasteiger partial charge in [0.05, 0.1) is 11.7 Å². The summed E-state index contributed by atoms with van der Waals surface area (Å²) >= 11 is 0. The number of carbonyl (C=O) groups excluding carboxylic acids is 1. The van der Waals surface area contributed by atoms with E-state index in [1.165, 1.54) is 6.08 Å². The van der Waals surface area contributed by atoms with E-state index in [1.807, 2.05) is 72.1 Å². The van der Waals surface area contributed by atoms with Gasteiger partial charge in [-0.3, -0.25) is 4.79 Å². The number of imidazole rings is 1. The number of rotatable bonds is 4. The Kier molecular flexibility index (Phi) is 4.39. The van der Waals surface area contributed by atoms with Crippen molar-refractivity contribution >= 4 is 17.6 Å². The number of benzene rings is 1. The first-order valence-electron chi connectivity index (χ1n) is 7.59. The Morgan fingerprint density at radius 2 is 2.00 bits per heavy atom. The van der Waals surface area contributed by atoms with Crippen molar-refractivity contribution in [1.82, 2.24) is 14.7 Å². The van der Waals surface area contributed by atoms with E-state index in [2.05, 4.69) is 10.3 Å². The van der Waals surface area contributed by atoms with Gasteiger partial charge in [0.2, 0.25) is 0 Å². The summed E-state index contributed by atoms with van der Waals surface area (Å²) in [5.41, 5.74) is 2.34. The molecule has 0 spiro atoms. The van der Waals surface area contributed by atoms with Crippen molar-refractivity contribution in [3.05, 3.63) is 77.8 Å². The number of aromatic nitrogens is 2. The first-order valence-corrected chi connectivity index (χ1v) is 7.59. The van der Waals surface area contributed by atoms with Gasteiger partial charge in [-0.05, 0) is 30.7 Å². The van der Waals surface area contributed by atoms with Gasteiger partial charge in [-0.1, -0.05) is 36.4 Å². The van der Waals surface area contributed by atoms with Gasteiger partial charge in [-0.15, -0.1) is 0 Å². The van der Waals surface area contributed by atoms with Crippen LogP contribution < -0.4 is 5.32 Å². The maximum atomic E-state index is 12.3. The lowest BCUT2D eigenvalue weighted by atomic mass is 10.1. The number of carbonyl (C=O) groups is 1. The molecule has 118 valence electrons. The molecule has 0 aliphatic rings. The maximum Gasteiger partial charge on any atom is 0.262 e. The van der Waals surface area contributed by atoms with Crippen LogP contribution in [-0.2, 0) is 4.79 Å². The SMILES string of the molecule is CC(NC(=O)/C(C#N)=C/c1cn2ccccc2n1)c1ccccc1. The van der Waals surface area contributed by atoms with Crippen LogP contribution in [0.15, 0.2) is 66.5 Å². The number of fused-ring (bicyclic) bond motifs is 1. The molecule has 1 N–H and O–H groups in total. The second kappa shape index (κ2) is 6.80. The normalized spacial score (nSPS) is 12.6. The molecular weight excluding hydrogens is 300 g/mol. The lowest BCUT2D eigenvalue weighted by Gasteiger charge is -2.13. The molecule has 0 aliphatic heterocycles. The quantitative estimate of drug-likeness (QED) is 0.594. The maximum absolute atomic E-state index is 12.3. The van der Waals surface area contributed by atoms with Crippen molar-refractivity contribution in [2.45, 2.75) is 13.0 Å². The van der Waals surface area contributed by atoms with Crippen LogP contribution in [0.5, 0.6) is 0 Å². The summed E-state index contributed by atoms with van der Waals surface area (Å²) in [5.74, 6) is -0.411. The van der Waals surface area contributed by atoms with Crippen LogP contribution >= 0.6 is 0 Å². The zero-order valence-corrected chi connectivity index (χ0v) is 13.2. The number of nitrogens with one attached hydrogen (secondary N) is 1. The number of nitrogens with zero attached hydrogens (tertiary/aromatic N) is 3. The molecule has 1 amide bonds. The largest absolute Gasteiger partial charge is 0.345 e. The summed E-state index contributed by atoms with van der Waals surface area (Å²) in [6, 6.07) is 17.0. The van der Waals surface area contributed by atoms with E-state index in [-0.39, 0.29) is 11.6 Å². The summed E-state index contributed by atoms with van der Waals surface area (Å²) in [5, 5.41) is 12.1. The molecule has 0 bridgehead atoms. The molecule has 24 heavy (non-hydrogen) atoms. The predicted octanol–water partition coefficient (Wildman–Crippen LogP) is 3.12. The van der Waals surface area contributed by atoms with E-state index >= 15 is 0 Å². The molecule has 0 fully saturated rings. The highest BCUT2D eigenvalue weighted by Crippen LogP contribution is 2.13. The summed E-state index contributed by atoms with van der Waals surface area (Å²) in [4.78, 5) is 16.7. The van der Waals surface area contributed by atoms with Gasteiger partial charge in [-0.25, -0.2) is 4.98 Å². The molecule has 1 aromatic carbocycles. The van der Waals surface area contributed by atoms with Crippen LogP contribution in [0.3, 0.4) is 0 Å². The topological polar surface area (TPSA) is 70.2 Å². The van der Waals surface area contributed by atoms with Crippen molar-refractivity contribution in [3.63, 3.8) is 0 Å². The second-order valence-electron chi connectivity index (χ2n) is 5.41. The van der Waals surface area contributed by atoms with Gasteiger partial charge >= 0.3 is 0 Å². The summed E-state index contributed by atoms with van der Waals surface area (Å²) in [7, 11) is 0. The molecule has 0 saturated carbocycles. The Bertz CT molecular complexity index is 902. The second-order valence-corrected chi connectivity index (χ2v) is 5.41. The molecule has 1 unspecified atom stereocenters. The molecule has 2 aromatic heterocycles. The minimum Gasteiger partial charge on any atom is -0.345 e. The van der Waals surface area contributed by atoms with Crippen LogP contribution in [0, 0.1) is 11.3 Å². The minimum atomic E-state index is -0.411. The molecule has 1 atom stereocenters. The zero-order chi connectivity index (χ0) is 16.9. The third-order valence-corrected chi connectivity index (χ3v) is 3.69.